The number of guanidine groups is 1. The highest BCUT2D eigenvalue weighted by Crippen LogP contribution is 2.27. The van der Waals surface area contributed by atoms with Crippen LogP contribution in [0.15, 0.2) is 82.0 Å². The third-order valence-corrected chi connectivity index (χ3v) is 5.35. The molecule has 0 aliphatic carbocycles. The highest BCUT2D eigenvalue weighted by atomic mass is 127. The van der Waals surface area contributed by atoms with Gasteiger partial charge in [0.2, 0.25) is 0 Å². The molecule has 0 bridgehead atoms. The maximum absolute atomic E-state index is 4.68. The Bertz CT molecular complexity index is 954. The van der Waals surface area contributed by atoms with Gasteiger partial charge in [-0.15, -0.1) is 40.8 Å². The minimum atomic E-state index is 0. The average Bonchev–Trinajstić information content (AvgIpc) is 3.07. The summed E-state index contributed by atoms with van der Waals surface area (Å²) in [6.45, 7) is 7.46. The Kier molecular flexibility index (Phi) is 9.88. The zero-order valence-corrected chi connectivity index (χ0v) is 20.4. The molecule has 0 saturated carbocycles. The Labute approximate surface area is 199 Å². The Balaban J connectivity index is 0.00000320. The topological polar surface area (TPSA) is 67.1 Å². The van der Waals surface area contributed by atoms with E-state index in [1.54, 1.807) is 17.8 Å². The van der Waals surface area contributed by atoms with Gasteiger partial charge in [-0.1, -0.05) is 48.2 Å². The van der Waals surface area contributed by atoms with Gasteiger partial charge in [0.25, 0.3) is 0 Å². The lowest BCUT2D eigenvalue weighted by molar-refractivity contribution is 0.721. The van der Waals surface area contributed by atoms with Crippen molar-refractivity contribution in [2.45, 2.75) is 29.8 Å². The van der Waals surface area contributed by atoms with Gasteiger partial charge < -0.3 is 15.2 Å². The number of benzene rings is 2. The minimum absolute atomic E-state index is 0. The zero-order valence-electron chi connectivity index (χ0n) is 17.2. The van der Waals surface area contributed by atoms with Crippen molar-refractivity contribution < 1.29 is 0 Å². The largest absolute Gasteiger partial charge is 0.353 e. The fourth-order valence-corrected chi connectivity index (χ4v) is 3.41. The minimum Gasteiger partial charge on any atom is -0.353 e. The van der Waals surface area contributed by atoms with Crippen molar-refractivity contribution >= 4 is 41.7 Å². The van der Waals surface area contributed by atoms with Crippen LogP contribution in [0.25, 0.3) is 0 Å². The summed E-state index contributed by atoms with van der Waals surface area (Å²) in [5, 5.41) is 14.8. The van der Waals surface area contributed by atoms with Gasteiger partial charge in [-0.05, 0) is 36.8 Å². The van der Waals surface area contributed by atoms with Crippen LogP contribution in [0.5, 0.6) is 0 Å². The van der Waals surface area contributed by atoms with Crippen molar-refractivity contribution in [2.75, 3.05) is 6.54 Å². The number of rotatable bonds is 8. The SMILES string of the molecule is C=CCNC(=NCc1ccc(Sc2ccccc2)cc1)NCc1nnc(C)n1C.I. The summed E-state index contributed by atoms with van der Waals surface area (Å²) in [5.74, 6) is 2.46. The van der Waals surface area contributed by atoms with Crippen LogP contribution in [0.4, 0.5) is 0 Å². The van der Waals surface area contributed by atoms with Gasteiger partial charge >= 0.3 is 0 Å². The number of aryl methyl sites for hydroxylation is 1. The summed E-state index contributed by atoms with van der Waals surface area (Å²) in [6, 6.07) is 18.9. The smallest absolute Gasteiger partial charge is 0.192 e. The fraction of sp³-hybridized carbons (Fsp3) is 0.227. The van der Waals surface area contributed by atoms with Crippen LogP contribution in [0.3, 0.4) is 0 Å². The van der Waals surface area contributed by atoms with Crippen LogP contribution in [-0.4, -0.2) is 27.3 Å². The van der Waals surface area contributed by atoms with Gasteiger partial charge in [-0.3, -0.25) is 0 Å². The van der Waals surface area contributed by atoms with E-state index in [-0.39, 0.29) is 24.0 Å². The average molecular weight is 534 g/mol. The second-order valence-corrected chi connectivity index (χ2v) is 7.62. The summed E-state index contributed by atoms with van der Waals surface area (Å²) in [5.41, 5.74) is 1.15. The van der Waals surface area contributed by atoms with E-state index in [0.29, 0.717) is 25.6 Å². The Hall–Kier alpha value is -2.33. The van der Waals surface area contributed by atoms with Gasteiger partial charge in [0.05, 0.1) is 13.1 Å². The van der Waals surface area contributed by atoms with Crippen LogP contribution in [0.2, 0.25) is 0 Å². The van der Waals surface area contributed by atoms with E-state index < -0.39 is 0 Å². The molecule has 0 aliphatic rings. The summed E-state index contributed by atoms with van der Waals surface area (Å²) in [7, 11) is 1.95. The number of nitrogens with zero attached hydrogens (tertiary/aromatic N) is 4. The van der Waals surface area contributed by atoms with Crippen molar-refractivity contribution in [2.24, 2.45) is 12.0 Å². The van der Waals surface area contributed by atoms with Crippen molar-refractivity contribution in [1.29, 1.82) is 0 Å². The molecule has 0 unspecified atom stereocenters. The molecule has 0 atom stereocenters. The second-order valence-electron chi connectivity index (χ2n) is 6.47. The number of nitrogens with one attached hydrogen (secondary N) is 2. The molecule has 2 aromatic carbocycles. The fourth-order valence-electron chi connectivity index (χ4n) is 2.57. The zero-order chi connectivity index (χ0) is 20.5. The maximum atomic E-state index is 4.68. The van der Waals surface area contributed by atoms with Crippen LogP contribution < -0.4 is 10.6 Å². The van der Waals surface area contributed by atoms with E-state index in [1.807, 2.05) is 24.6 Å². The number of halogens is 1. The van der Waals surface area contributed by atoms with Crippen LogP contribution in [0, 0.1) is 6.92 Å². The lowest BCUT2D eigenvalue weighted by Crippen LogP contribution is -2.37. The van der Waals surface area contributed by atoms with Crippen molar-refractivity contribution in [1.82, 2.24) is 25.4 Å². The first-order valence-corrected chi connectivity index (χ1v) is 10.3. The number of hydrogen-bond donors (Lipinski definition) is 2. The monoisotopic (exact) mass is 534 g/mol. The van der Waals surface area contributed by atoms with Gasteiger partial charge in [0.15, 0.2) is 11.8 Å². The lowest BCUT2D eigenvalue weighted by Gasteiger charge is -2.11. The normalized spacial score (nSPS) is 10.9. The molecular weight excluding hydrogens is 507 g/mol. The molecule has 0 fully saturated rings. The van der Waals surface area contributed by atoms with Crippen molar-refractivity contribution in [3.05, 3.63) is 84.5 Å². The molecule has 158 valence electrons. The molecule has 0 aliphatic heterocycles. The molecule has 0 spiro atoms. The standard InChI is InChI=1S/C22H26N6S.HI/c1-4-14-23-22(25-16-21-27-26-17(2)28(21)3)24-15-18-10-12-20(13-11-18)29-19-8-6-5-7-9-19;/h4-13H,1,14-16H2,2-3H3,(H2,23,24,25);1H. The maximum Gasteiger partial charge on any atom is 0.192 e. The molecule has 3 rings (SSSR count). The van der Waals surface area contributed by atoms with Crippen LogP contribution in [0.1, 0.15) is 17.2 Å². The molecule has 6 nitrogen and oxygen atoms in total. The van der Waals surface area contributed by atoms with E-state index >= 15 is 0 Å². The van der Waals surface area contributed by atoms with E-state index in [1.165, 1.54) is 9.79 Å². The van der Waals surface area contributed by atoms with Gasteiger partial charge in [-0.25, -0.2) is 4.99 Å². The third kappa shape index (κ3) is 7.17. The first-order chi connectivity index (χ1) is 14.2. The lowest BCUT2D eigenvalue weighted by atomic mass is 10.2. The number of hydrogen-bond acceptors (Lipinski definition) is 4. The third-order valence-electron chi connectivity index (χ3n) is 4.33. The Morgan fingerprint density at radius 1 is 1.07 bits per heavy atom. The molecule has 3 aromatic rings. The summed E-state index contributed by atoms with van der Waals surface area (Å²) >= 11 is 1.75. The predicted molar refractivity (Wildman–Crippen MR) is 134 cm³/mol. The van der Waals surface area contributed by atoms with Gasteiger partial charge in [0, 0.05) is 23.4 Å². The second kappa shape index (κ2) is 12.4. The highest BCUT2D eigenvalue weighted by Gasteiger charge is 2.06. The highest BCUT2D eigenvalue weighted by molar-refractivity contribution is 14.0. The molecule has 2 N–H and O–H groups in total. The van der Waals surface area contributed by atoms with E-state index in [2.05, 4.69) is 80.9 Å². The summed E-state index contributed by atoms with van der Waals surface area (Å²) in [6.07, 6.45) is 1.80. The molecule has 0 saturated heterocycles. The Morgan fingerprint density at radius 2 is 1.77 bits per heavy atom. The van der Waals surface area contributed by atoms with Crippen LogP contribution in [-0.2, 0) is 20.1 Å². The first-order valence-electron chi connectivity index (χ1n) is 9.45. The summed E-state index contributed by atoms with van der Waals surface area (Å²) in [4.78, 5) is 7.13. The molecular formula is C22H27IN6S. The van der Waals surface area contributed by atoms with Crippen LogP contribution >= 0.6 is 35.7 Å². The van der Waals surface area contributed by atoms with Gasteiger partial charge in [0.1, 0.15) is 5.82 Å². The Morgan fingerprint density at radius 3 is 2.40 bits per heavy atom. The van der Waals surface area contributed by atoms with Crippen molar-refractivity contribution in [3.8, 4) is 0 Å². The molecule has 1 heterocycles. The quantitative estimate of drug-likeness (QED) is 0.195. The number of aliphatic imine (C=N–C) groups is 1. The molecule has 30 heavy (non-hydrogen) atoms. The molecule has 0 radical (unpaired) electrons. The molecule has 1 aromatic heterocycles. The van der Waals surface area contributed by atoms with Crippen molar-refractivity contribution in [3.63, 3.8) is 0 Å². The number of aromatic nitrogens is 3. The van der Waals surface area contributed by atoms with Gasteiger partial charge in [-0.2, -0.15) is 0 Å². The van der Waals surface area contributed by atoms with E-state index in [0.717, 1.165) is 17.2 Å². The summed E-state index contributed by atoms with van der Waals surface area (Å²) < 4.78 is 1.96. The molecule has 0 amide bonds. The van der Waals surface area contributed by atoms with E-state index in [4.69, 9.17) is 0 Å². The molecule has 8 heteroatoms. The van der Waals surface area contributed by atoms with E-state index in [9.17, 15) is 0 Å². The first kappa shape index (κ1) is 23.9. The predicted octanol–water partition coefficient (Wildman–Crippen LogP) is 4.31.